The van der Waals surface area contributed by atoms with E-state index in [9.17, 15) is 4.79 Å². The first-order valence-corrected chi connectivity index (χ1v) is 8.08. The van der Waals surface area contributed by atoms with Gasteiger partial charge in [0.2, 0.25) is 0 Å². The molecule has 5 nitrogen and oxygen atoms in total. The molecule has 0 saturated carbocycles. The van der Waals surface area contributed by atoms with E-state index in [4.69, 9.17) is 16.0 Å². The number of furan rings is 1. The van der Waals surface area contributed by atoms with Gasteiger partial charge >= 0.3 is 0 Å². The predicted octanol–water partition coefficient (Wildman–Crippen LogP) is 3.85. The fourth-order valence-corrected chi connectivity index (χ4v) is 3.03. The highest BCUT2D eigenvalue weighted by Crippen LogP contribution is 2.32. The van der Waals surface area contributed by atoms with E-state index in [1.54, 1.807) is 18.6 Å². The third-order valence-corrected chi connectivity index (χ3v) is 4.13. The molecule has 0 bridgehead atoms. The highest BCUT2D eigenvalue weighted by molar-refractivity contribution is 6.35. The van der Waals surface area contributed by atoms with Crippen molar-refractivity contribution in [3.63, 3.8) is 0 Å². The molecule has 1 N–H and O–H groups in total. The Morgan fingerprint density at radius 3 is 2.83 bits per heavy atom. The smallest absolute Gasteiger partial charge is 0.287 e. The van der Waals surface area contributed by atoms with Crippen LogP contribution in [0.2, 0.25) is 5.02 Å². The minimum absolute atomic E-state index is 0.0981. The van der Waals surface area contributed by atoms with Gasteiger partial charge in [-0.3, -0.25) is 14.8 Å². The average molecular weight is 344 g/mol. The molecule has 0 aliphatic carbocycles. The van der Waals surface area contributed by atoms with E-state index in [2.05, 4.69) is 15.3 Å². The topological polar surface area (TPSA) is 68.0 Å². The number of hydrogen-bond donors (Lipinski definition) is 1. The summed E-state index contributed by atoms with van der Waals surface area (Å²) in [5, 5.41) is 4.32. The maximum Gasteiger partial charge on any atom is 0.287 e. The zero-order chi connectivity index (χ0) is 17.3. The predicted molar refractivity (Wildman–Crippen MR) is 93.4 cm³/mol. The van der Waals surface area contributed by atoms with Crippen LogP contribution >= 0.6 is 11.6 Å². The van der Waals surface area contributed by atoms with Gasteiger partial charge in [-0.1, -0.05) is 11.6 Å². The first kappa shape index (κ1) is 16.5. The van der Waals surface area contributed by atoms with Crippen molar-refractivity contribution in [2.75, 3.05) is 0 Å². The molecule has 3 rings (SSSR count). The molecule has 0 saturated heterocycles. The van der Waals surface area contributed by atoms with E-state index in [-0.39, 0.29) is 11.9 Å². The van der Waals surface area contributed by atoms with Gasteiger partial charge < -0.3 is 9.73 Å². The van der Waals surface area contributed by atoms with Crippen LogP contribution in [0.1, 0.15) is 34.3 Å². The number of aryl methyl sites for hydroxylation is 2. The highest BCUT2D eigenvalue weighted by atomic mass is 35.5. The summed E-state index contributed by atoms with van der Waals surface area (Å²) < 4.78 is 5.73. The number of carbonyl (C=O) groups excluding carboxylic acids is 1. The Kier molecular flexibility index (Phi) is 4.53. The number of carbonyl (C=O) groups is 1. The first-order valence-electron chi connectivity index (χ1n) is 7.70. The van der Waals surface area contributed by atoms with Gasteiger partial charge in [-0.25, -0.2) is 0 Å². The molecular weight excluding hydrogens is 326 g/mol. The second-order valence-electron chi connectivity index (χ2n) is 5.95. The minimum Gasteiger partial charge on any atom is -0.449 e. The monoisotopic (exact) mass is 343 g/mol. The average Bonchev–Trinajstić information content (AvgIpc) is 2.86. The summed E-state index contributed by atoms with van der Waals surface area (Å²) in [6.07, 6.45) is 5.55. The number of nitrogens with one attached hydrogen (secondary N) is 1. The van der Waals surface area contributed by atoms with E-state index in [0.717, 1.165) is 22.2 Å². The van der Waals surface area contributed by atoms with Crippen molar-refractivity contribution in [2.24, 2.45) is 0 Å². The van der Waals surface area contributed by atoms with Gasteiger partial charge in [0.1, 0.15) is 0 Å². The van der Waals surface area contributed by atoms with Crippen molar-refractivity contribution in [1.82, 2.24) is 15.3 Å². The number of halogens is 1. The summed E-state index contributed by atoms with van der Waals surface area (Å²) in [6.45, 7) is 5.74. The van der Waals surface area contributed by atoms with Gasteiger partial charge in [0.05, 0.1) is 10.7 Å². The number of benzene rings is 1. The van der Waals surface area contributed by atoms with Gasteiger partial charge in [0.15, 0.2) is 11.3 Å². The van der Waals surface area contributed by atoms with Crippen LogP contribution in [0, 0.1) is 13.8 Å². The van der Waals surface area contributed by atoms with Crippen molar-refractivity contribution < 1.29 is 9.21 Å². The molecule has 2 heterocycles. The Hall–Kier alpha value is -2.40. The summed E-state index contributed by atoms with van der Waals surface area (Å²) in [5.41, 5.74) is 3.19. The molecule has 124 valence electrons. The molecular formula is C18H18ClN3O2. The standard InChI is InChI=1S/C18H18ClN3O2/c1-10-6-14-12(3)16(24-17(14)15(19)7-10)18(23)22-11(2)8-13-9-20-4-5-21-13/h4-7,9,11H,8H2,1-3H3,(H,22,23). The zero-order valence-electron chi connectivity index (χ0n) is 13.8. The quantitative estimate of drug-likeness (QED) is 0.781. The Bertz CT molecular complexity index is 890. The van der Waals surface area contributed by atoms with Crippen LogP contribution in [0.4, 0.5) is 0 Å². The van der Waals surface area contributed by atoms with E-state index >= 15 is 0 Å². The second-order valence-corrected chi connectivity index (χ2v) is 6.36. The Morgan fingerprint density at radius 1 is 1.33 bits per heavy atom. The Balaban J connectivity index is 1.81. The maximum absolute atomic E-state index is 12.5. The molecule has 2 aromatic heterocycles. The molecule has 1 unspecified atom stereocenters. The minimum atomic E-state index is -0.256. The van der Waals surface area contributed by atoms with Crippen LogP contribution in [0.15, 0.2) is 35.1 Å². The van der Waals surface area contributed by atoms with E-state index in [1.165, 1.54) is 0 Å². The molecule has 0 aliphatic heterocycles. The van der Waals surface area contributed by atoms with Crippen molar-refractivity contribution >= 4 is 28.5 Å². The normalized spacial score (nSPS) is 12.3. The highest BCUT2D eigenvalue weighted by Gasteiger charge is 2.21. The van der Waals surface area contributed by atoms with Crippen LogP contribution < -0.4 is 5.32 Å². The fraction of sp³-hybridized carbons (Fsp3) is 0.278. The summed E-state index contributed by atoms with van der Waals surface area (Å²) >= 11 is 6.22. The van der Waals surface area contributed by atoms with Crippen LogP contribution in [0.5, 0.6) is 0 Å². The van der Waals surface area contributed by atoms with Gasteiger partial charge in [-0.05, 0) is 38.5 Å². The summed E-state index contributed by atoms with van der Waals surface area (Å²) in [7, 11) is 0. The van der Waals surface area contributed by atoms with Crippen molar-refractivity contribution in [2.45, 2.75) is 33.2 Å². The molecule has 0 spiro atoms. The first-order chi connectivity index (χ1) is 11.5. The molecule has 1 atom stereocenters. The van der Waals surface area contributed by atoms with E-state index < -0.39 is 0 Å². The molecule has 1 amide bonds. The Labute approximate surface area is 145 Å². The zero-order valence-corrected chi connectivity index (χ0v) is 14.5. The number of rotatable bonds is 4. The van der Waals surface area contributed by atoms with E-state index in [0.29, 0.717) is 22.8 Å². The summed E-state index contributed by atoms with van der Waals surface area (Å²) in [5.74, 6) is 0.0392. The largest absolute Gasteiger partial charge is 0.449 e. The number of hydrogen-bond acceptors (Lipinski definition) is 4. The fourth-order valence-electron chi connectivity index (χ4n) is 2.72. The van der Waals surface area contributed by atoms with Crippen molar-refractivity contribution in [3.05, 3.63) is 58.3 Å². The lowest BCUT2D eigenvalue weighted by Crippen LogP contribution is -2.34. The Morgan fingerprint density at radius 2 is 2.12 bits per heavy atom. The number of fused-ring (bicyclic) bond motifs is 1. The lowest BCUT2D eigenvalue weighted by molar-refractivity contribution is 0.0913. The molecule has 24 heavy (non-hydrogen) atoms. The lowest BCUT2D eigenvalue weighted by Gasteiger charge is -2.12. The van der Waals surface area contributed by atoms with Gasteiger partial charge in [0, 0.05) is 42.0 Å². The third kappa shape index (κ3) is 3.26. The molecule has 0 fully saturated rings. The number of nitrogens with zero attached hydrogens (tertiary/aromatic N) is 2. The SMILES string of the molecule is Cc1cc(Cl)c2oc(C(=O)NC(C)Cc3cnccn3)c(C)c2c1. The third-order valence-electron chi connectivity index (χ3n) is 3.85. The summed E-state index contributed by atoms with van der Waals surface area (Å²) in [6, 6.07) is 3.70. The molecule has 3 aromatic rings. The lowest BCUT2D eigenvalue weighted by atomic mass is 10.1. The van der Waals surface area contributed by atoms with Crippen LogP contribution in [-0.2, 0) is 6.42 Å². The van der Waals surface area contributed by atoms with Crippen molar-refractivity contribution in [3.8, 4) is 0 Å². The molecule has 1 aromatic carbocycles. The van der Waals surface area contributed by atoms with Gasteiger partial charge in [-0.2, -0.15) is 0 Å². The second kappa shape index (κ2) is 6.61. The molecule has 0 aliphatic rings. The van der Waals surface area contributed by atoms with E-state index in [1.807, 2.05) is 32.9 Å². The van der Waals surface area contributed by atoms with Crippen LogP contribution in [0.25, 0.3) is 11.0 Å². The maximum atomic E-state index is 12.5. The van der Waals surface area contributed by atoms with Crippen LogP contribution in [-0.4, -0.2) is 21.9 Å². The van der Waals surface area contributed by atoms with Crippen molar-refractivity contribution in [1.29, 1.82) is 0 Å². The molecule has 0 radical (unpaired) electrons. The summed E-state index contributed by atoms with van der Waals surface area (Å²) in [4.78, 5) is 20.8. The van der Waals surface area contributed by atoms with Gasteiger partial charge in [-0.15, -0.1) is 0 Å². The van der Waals surface area contributed by atoms with Crippen LogP contribution in [0.3, 0.4) is 0 Å². The molecule has 6 heteroatoms. The number of amides is 1. The van der Waals surface area contributed by atoms with Gasteiger partial charge in [0.25, 0.3) is 5.91 Å². The number of aromatic nitrogens is 2.